The van der Waals surface area contributed by atoms with Gasteiger partial charge < -0.3 is 15.8 Å². The number of rotatable bonds is 8. The number of hydrogen-bond acceptors (Lipinski definition) is 3. The van der Waals surface area contributed by atoms with Gasteiger partial charge in [0.1, 0.15) is 0 Å². The highest BCUT2D eigenvalue weighted by molar-refractivity contribution is 6.31. The van der Waals surface area contributed by atoms with E-state index in [1.165, 1.54) is 0 Å². The largest absolute Gasteiger partial charge is 0.397 e. The van der Waals surface area contributed by atoms with E-state index in [9.17, 15) is 4.79 Å². The lowest BCUT2D eigenvalue weighted by atomic mass is 10.1. The molecule has 0 aliphatic carbocycles. The van der Waals surface area contributed by atoms with Crippen LogP contribution in [0.5, 0.6) is 0 Å². The van der Waals surface area contributed by atoms with Gasteiger partial charge in [0.15, 0.2) is 0 Å². The summed E-state index contributed by atoms with van der Waals surface area (Å²) in [6.07, 6.45) is 2.16. The van der Waals surface area contributed by atoms with E-state index in [1.807, 2.05) is 0 Å². The Bertz CT molecular complexity index is 436. The van der Waals surface area contributed by atoms with Crippen LogP contribution in [0.2, 0.25) is 5.02 Å². The molecule has 3 N–H and O–H groups in total. The number of nitrogens with two attached hydrogens (primary N) is 1. The van der Waals surface area contributed by atoms with E-state index < -0.39 is 0 Å². The van der Waals surface area contributed by atoms with Gasteiger partial charge in [-0.3, -0.25) is 4.79 Å². The summed E-state index contributed by atoms with van der Waals surface area (Å²) in [5.41, 5.74) is 6.83. The zero-order chi connectivity index (χ0) is 15.0. The summed E-state index contributed by atoms with van der Waals surface area (Å²) >= 11 is 5.86. The fourth-order valence-electron chi connectivity index (χ4n) is 1.61. The summed E-state index contributed by atoms with van der Waals surface area (Å²) in [7, 11) is 0. The quantitative estimate of drug-likeness (QED) is 0.568. The minimum atomic E-state index is -0.0774. The van der Waals surface area contributed by atoms with Crippen molar-refractivity contribution in [3.05, 3.63) is 23.2 Å². The number of anilines is 2. The van der Waals surface area contributed by atoms with Crippen molar-refractivity contribution in [1.29, 1.82) is 0 Å². The Kier molecular flexibility index (Phi) is 7.41. The van der Waals surface area contributed by atoms with Gasteiger partial charge in [0.25, 0.3) is 0 Å². The predicted octanol–water partition coefficient (Wildman–Crippen LogP) is 3.70. The molecule has 0 aliphatic rings. The number of halogens is 1. The molecule has 0 radical (unpaired) electrons. The SMILES string of the molecule is CC(C)CCOCCCC(=O)Nc1cc(Cl)ccc1N. The highest BCUT2D eigenvalue weighted by Gasteiger charge is 2.06. The summed E-state index contributed by atoms with van der Waals surface area (Å²) in [5, 5.41) is 3.30. The Labute approximate surface area is 125 Å². The highest BCUT2D eigenvalue weighted by Crippen LogP contribution is 2.23. The van der Waals surface area contributed by atoms with E-state index in [1.54, 1.807) is 18.2 Å². The number of nitrogen functional groups attached to an aromatic ring is 1. The van der Waals surface area contributed by atoms with Crippen LogP contribution < -0.4 is 11.1 Å². The first kappa shape index (κ1) is 16.8. The van der Waals surface area contributed by atoms with Crippen molar-refractivity contribution in [3.8, 4) is 0 Å². The average molecular weight is 299 g/mol. The molecule has 0 saturated heterocycles. The number of carbonyl (C=O) groups excluding carboxylic acids is 1. The van der Waals surface area contributed by atoms with Crippen LogP contribution in [0.3, 0.4) is 0 Å². The van der Waals surface area contributed by atoms with Crippen molar-refractivity contribution in [2.75, 3.05) is 24.3 Å². The number of hydrogen-bond donors (Lipinski definition) is 2. The molecular formula is C15H23ClN2O2. The van der Waals surface area contributed by atoms with Crippen molar-refractivity contribution < 1.29 is 9.53 Å². The van der Waals surface area contributed by atoms with Gasteiger partial charge in [-0.2, -0.15) is 0 Å². The molecule has 1 rings (SSSR count). The standard InChI is InChI=1S/C15H23ClN2O2/c1-11(2)7-9-20-8-3-4-15(19)18-14-10-12(16)5-6-13(14)17/h5-6,10-11H,3-4,7-9,17H2,1-2H3,(H,18,19). The summed E-state index contributed by atoms with van der Waals surface area (Å²) in [5.74, 6) is 0.565. The number of ether oxygens (including phenoxy) is 1. The van der Waals surface area contributed by atoms with E-state index in [-0.39, 0.29) is 5.91 Å². The summed E-state index contributed by atoms with van der Waals surface area (Å²) in [4.78, 5) is 11.8. The monoisotopic (exact) mass is 298 g/mol. The minimum absolute atomic E-state index is 0.0774. The zero-order valence-electron chi connectivity index (χ0n) is 12.1. The van der Waals surface area contributed by atoms with Crippen LogP contribution in [0.4, 0.5) is 11.4 Å². The van der Waals surface area contributed by atoms with Crippen LogP contribution in [0.15, 0.2) is 18.2 Å². The van der Waals surface area contributed by atoms with Crippen LogP contribution in [0.25, 0.3) is 0 Å². The summed E-state index contributed by atoms with van der Waals surface area (Å²) in [6.45, 7) is 5.67. The number of benzene rings is 1. The molecule has 5 heteroatoms. The van der Waals surface area contributed by atoms with E-state index in [0.717, 1.165) is 13.0 Å². The second-order valence-corrected chi connectivity index (χ2v) is 5.61. The average Bonchev–Trinajstić information content (AvgIpc) is 2.37. The summed E-state index contributed by atoms with van der Waals surface area (Å²) in [6, 6.07) is 5.01. The van der Waals surface area contributed by atoms with Crippen molar-refractivity contribution in [1.82, 2.24) is 0 Å². The molecule has 0 atom stereocenters. The third-order valence-corrected chi connectivity index (χ3v) is 3.06. The second-order valence-electron chi connectivity index (χ2n) is 5.18. The van der Waals surface area contributed by atoms with Gasteiger partial charge in [-0.1, -0.05) is 25.4 Å². The van der Waals surface area contributed by atoms with Gasteiger partial charge in [-0.15, -0.1) is 0 Å². The maximum absolute atomic E-state index is 11.8. The van der Waals surface area contributed by atoms with Crippen molar-refractivity contribution in [2.45, 2.75) is 33.1 Å². The molecule has 0 aromatic heterocycles. The lowest BCUT2D eigenvalue weighted by Crippen LogP contribution is -2.13. The molecule has 1 aromatic rings. The molecule has 20 heavy (non-hydrogen) atoms. The Morgan fingerprint density at radius 1 is 1.40 bits per heavy atom. The maximum Gasteiger partial charge on any atom is 0.224 e. The highest BCUT2D eigenvalue weighted by atomic mass is 35.5. The Morgan fingerprint density at radius 2 is 2.15 bits per heavy atom. The number of carbonyl (C=O) groups is 1. The lowest BCUT2D eigenvalue weighted by molar-refractivity contribution is -0.116. The van der Waals surface area contributed by atoms with E-state index in [4.69, 9.17) is 22.1 Å². The normalized spacial score (nSPS) is 10.8. The molecule has 0 heterocycles. The molecule has 0 aliphatic heterocycles. The van der Waals surface area contributed by atoms with Crippen LogP contribution in [0.1, 0.15) is 33.1 Å². The van der Waals surface area contributed by atoms with Gasteiger partial charge in [-0.25, -0.2) is 0 Å². The first-order valence-electron chi connectivity index (χ1n) is 6.91. The van der Waals surface area contributed by atoms with Crippen molar-refractivity contribution in [3.63, 3.8) is 0 Å². The molecule has 0 bridgehead atoms. The van der Waals surface area contributed by atoms with Crippen LogP contribution >= 0.6 is 11.6 Å². The van der Waals surface area contributed by atoms with Crippen molar-refractivity contribution in [2.24, 2.45) is 5.92 Å². The Balaban J connectivity index is 2.22. The molecule has 0 saturated carbocycles. The first-order valence-corrected chi connectivity index (χ1v) is 7.29. The van der Waals surface area contributed by atoms with Crippen LogP contribution in [-0.4, -0.2) is 19.1 Å². The van der Waals surface area contributed by atoms with E-state index >= 15 is 0 Å². The number of nitrogens with one attached hydrogen (secondary N) is 1. The van der Waals surface area contributed by atoms with Crippen LogP contribution in [0, 0.1) is 5.92 Å². The smallest absolute Gasteiger partial charge is 0.224 e. The molecule has 1 amide bonds. The molecule has 1 aromatic carbocycles. The maximum atomic E-state index is 11.8. The van der Waals surface area contributed by atoms with Crippen molar-refractivity contribution >= 4 is 28.9 Å². The number of amides is 1. The first-order chi connectivity index (χ1) is 9.49. The molecule has 0 fully saturated rings. The Morgan fingerprint density at radius 3 is 2.85 bits per heavy atom. The summed E-state index contributed by atoms with van der Waals surface area (Å²) < 4.78 is 5.46. The third-order valence-electron chi connectivity index (χ3n) is 2.82. The van der Waals surface area contributed by atoms with Gasteiger partial charge in [0.2, 0.25) is 5.91 Å². The third kappa shape index (κ3) is 6.78. The molecular weight excluding hydrogens is 276 g/mol. The molecule has 4 nitrogen and oxygen atoms in total. The van der Waals surface area contributed by atoms with Gasteiger partial charge in [-0.05, 0) is 37.0 Å². The van der Waals surface area contributed by atoms with Gasteiger partial charge >= 0.3 is 0 Å². The minimum Gasteiger partial charge on any atom is -0.397 e. The lowest BCUT2D eigenvalue weighted by Gasteiger charge is -2.09. The van der Waals surface area contributed by atoms with E-state index in [2.05, 4.69) is 19.2 Å². The molecule has 112 valence electrons. The zero-order valence-corrected chi connectivity index (χ0v) is 12.9. The topological polar surface area (TPSA) is 64.3 Å². The molecule has 0 unspecified atom stereocenters. The fraction of sp³-hybridized carbons (Fsp3) is 0.533. The van der Waals surface area contributed by atoms with E-state index in [0.29, 0.717) is 41.8 Å². The van der Waals surface area contributed by atoms with Gasteiger partial charge in [0.05, 0.1) is 11.4 Å². The molecule has 0 spiro atoms. The Hall–Kier alpha value is -1.26. The van der Waals surface area contributed by atoms with Crippen LogP contribution in [-0.2, 0) is 9.53 Å². The fourth-order valence-corrected chi connectivity index (χ4v) is 1.78. The second kappa shape index (κ2) is 8.82. The predicted molar refractivity (Wildman–Crippen MR) is 84.0 cm³/mol. The van der Waals surface area contributed by atoms with Gasteiger partial charge in [0, 0.05) is 24.7 Å².